The van der Waals surface area contributed by atoms with Crippen molar-refractivity contribution in [1.29, 1.82) is 0 Å². The Morgan fingerprint density at radius 2 is 1.89 bits per heavy atom. The third kappa shape index (κ3) is 4.14. The van der Waals surface area contributed by atoms with Crippen molar-refractivity contribution in [2.75, 3.05) is 11.9 Å². The maximum Gasteiger partial charge on any atom is 0.341 e. The second-order valence-electron chi connectivity index (χ2n) is 7.51. The molecule has 4 nitrogen and oxygen atoms in total. The first-order chi connectivity index (χ1) is 13.5. The van der Waals surface area contributed by atoms with E-state index in [-0.39, 0.29) is 17.8 Å². The van der Waals surface area contributed by atoms with Crippen LogP contribution < -0.4 is 5.32 Å². The van der Waals surface area contributed by atoms with Crippen LogP contribution in [0.5, 0.6) is 0 Å². The van der Waals surface area contributed by atoms with Crippen molar-refractivity contribution in [2.24, 2.45) is 5.92 Å². The van der Waals surface area contributed by atoms with Crippen molar-refractivity contribution >= 4 is 28.2 Å². The predicted molar refractivity (Wildman–Crippen MR) is 115 cm³/mol. The van der Waals surface area contributed by atoms with Gasteiger partial charge in [0.2, 0.25) is 5.91 Å². The molecule has 1 fully saturated rings. The Morgan fingerprint density at radius 1 is 1.21 bits per heavy atom. The number of carbonyl (C=O) groups is 2. The molecule has 1 N–H and O–H groups in total. The summed E-state index contributed by atoms with van der Waals surface area (Å²) in [6.45, 7) is 8.48. The van der Waals surface area contributed by atoms with Crippen LogP contribution in [0, 0.1) is 12.8 Å². The Morgan fingerprint density at radius 3 is 2.43 bits per heavy atom. The van der Waals surface area contributed by atoms with E-state index in [1.54, 1.807) is 6.92 Å². The van der Waals surface area contributed by atoms with E-state index in [1.807, 2.05) is 6.92 Å². The summed E-state index contributed by atoms with van der Waals surface area (Å²) in [5.41, 5.74) is 3.61. The van der Waals surface area contributed by atoms with Crippen LogP contribution in [0.4, 0.5) is 5.00 Å². The van der Waals surface area contributed by atoms with E-state index < -0.39 is 0 Å². The molecule has 0 radical (unpaired) electrons. The predicted octanol–water partition coefficient (Wildman–Crippen LogP) is 6.15. The van der Waals surface area contributed by atoms with E-state index in [9.17, 15) is 9.59 Å². The Hall–Kier alpha value is -2.14. The SMILES string of the molecule is CCOC(=O)c1c(NC(=O)C2CCC2)sc(C)c1-c1ccc([C@H](C)CC)cc1. The molecule has 1 aliphatic carbocycles. The Balaban J connectivity index is 1.99. The fourth-order valence-corrected chi connectivity index (χ4v) is 4.54. The number of rotatable bonds is 7. The van der Waals surface area contributed by atoms with Gasteiger partial charge in [-0.2, -0.15) is 0 Å². The van der Waals surface area contributed by atoms with Crippen LogP contribution in [-0.2, 0) is 9.53 Å². The topological polar surface area (TPSA) is 55.4 Å². The zero-order valence-electron chi connectivity index (χ0n) is 17.1. The van der Waals surface area contributed by atoms with Gasteiger partial charge >= 0.3 is 5.97 Å². The van der Waals surface area contributed by atoms with Crippen molar-refractivity contribution < 1.29 is 14.3 Å². The largest absolute Gasteiger partial charge is 0.462 e. The van der Waals surface area contributed by atoms with Crippen molar-refractivity contribution in [3.05, 3.63) is 40.3 Å². The fourth-order valence-electron chi connectivity index (χ4n) is 3.48. The monoisotopic (exact) mass is 399 g/mol. The van der Waals surface area contributed by atoms with Crippen molar-refractivity contribution in [2.45, 2.75) is 59.3 Å². The molecule has 0 unspecified atom stereocenters. The van der Waals surface area contributed by atoms with Crippen molar-refractivity contribution in [3.8, 4) is 11.1 Å². The summed E-state index contributed by atoms with van der Waals surface area (Å²) in [5.74, 6) is 0.198. The second kappa shape index (κ2) is 8.91. The Labute approximate surface area is 171 Å². The van der Waals surface area contributed by atoms with Gasteiger partial charge in [-0.1, -0.05) is 44.5 Å². The molecule has 1 heterocycles. The normalized spacial score (nSPS) is 15.0. The van der Waals surface area contributed by atoms with Crippen molar-refractivity contribution in [1.82, 2.24) is 0 Å². The number of anilines is 1. The molecular formula is C23H29NO3S. The zero-order valence-corrected chi connectivity index (χ0v) is 17.9. The fraction of sp³-hybridized carbons (Fsp3) is 0.478. The average molecular weight is 400 g/mol. The summed E-state index contributed by atoms with van der Waals surface area (Å²) in [7, 11) is 0. The lowest BCUT2D eigenvalue weighted by atomic mass is 9.85. The lowest BCUT2D eigenvalue weighted by molar-refractivity contribution is -0.122. The summed E-state index contributed by atoms with van der Waals surface area (Å²) in [6, 6.07) is 8.39. The highest BCUT2D eigenvalue weighted by Gasteiger charge is 2.29. The van der Waals surface area contributed by atoms with Crippen LogP contribution in [0.3, 0.4) is 0 Å². The third-order valence-corrected chi connectivity index (χ3v) is 6.68. The summed E-state index contributed by atoms with van der Waals surface area (Å²) in [4.78, 5) is 26.2. The first kappa shape index (κ1) is 20.6. The van der Waals surface area contributed by atoms with E-state index in [2.05, 4.69) is 43.4 Å². The number of esters is 1. The van der Waals surface area contributed by atoms with Gasteiger partial charge in [-0.05, 0) is 50.2 Å². The van der Waals surface area contributed by atoms with E-state index in [1.165, 1.54) is 16.9 Å². The third-order valence-electron chi connectivity index (χ3n) is 5.66. The van der Waals surface area contributed by atoms with Gasteiger partial charge in [-0.3, -0.25) is 4.79 Å². The van der Waals surface area contributed by atoms with Crippen LogP contribution in [-0.4, -0.2) is 18.5 Å². The van der Waals surface area contributed by atoms with Gasteiger partial charge in [0.15, 0.2) is 0 Å². The quantitative estimate of drug-likeness (QED) is 0.568. The molecule has 0 spiro atoms. The van der Waals surface area contributed by atoms with Crippen LogP contribution in [0.1, 0.15) is 73.2 Å². The van der Waals surface area contributed by atoms with Gasteiger partial charge < -0.3 is 10.1 Å². The van der Waals surface area contributed by atoms with Crippen LogP contribution in [0.25, 0.3) is 11.1 Å². The van der Waals surface area contributed by atoms with E-state index in [0.29, 0.717) is 23.1 Å². The van der Waals surface area contributed by atoms with Crippen LogP contribution >= 0.6 is 11.3 Å². The Kier molecular flexibility index (Phi) is 6.55. The number of nitrogens with one attached hydrogen (secondary N) is 1. The zero-order chi connectivity index (χ0) is 20.3. The minimum Gasteiger partial charge on any atom is -0.462 e. The molecule has 0 saturated heterocycles. The number of ether oxygens (including phenoxy) is 1. The first-order valence-electron chi connectivity index (χ1n) is 10.2. The number of carbonyl (C=O) groups excluding carboxylic acids is 2. The number of thiophene rings is 1. The van der Waals surface area contributed by atoms with Gasteiger partial charge in [0.1, 0.15) is 10.6 Å². The molecule has 2 aromatic rings. The molecular weight excluding hydrogens is 370 g/mol. The molecule has 5 heteroatoms. The number of hydrogen-bond acceptors (Lipinski definition) is 4. The standard InChI is InChI=1S/C23H29NO3S/c1-5-14(3)16-10-12-17(13-11-16)19-15(4)28-22(20(19)23(26)27-6-2)24-21(25)18-8-7-9-18/h10-14,18H,5-9H2,1-4H3,(H,24,25)/t14-/m1/s1. The minimum absolute atomic E-state index is 0.0108. The lowest BCUT2D eigenvalue weighted by Crippen LogP contribution is -2.28. The van der Waals surface area contributed by atoms with Gasteiger partial charge in [-0.15, -0.1) is 11.3 Å². The molecule has 1 saturated carbocycles. The highest BCUT2D eigenvalue weighted by molar-refractivity contribution is 7.17. The average Bonchev–Trinajstić information content (AvgIpc) is 2.95. The molecule has 1 aromatic heterocycles. The van der Waals surface area contributed by atoms with Gasteiger partial charge in [0.25, 0.3) is 0 Å². The first-order valence-corrected chi connectivity index (χ1v) is 11.0. The number of aryl methyl sites for hydroxylation is 1. The summed E-state index contributed by atoms with van der Waals surface area (Å²) >= 11 is 1.45. The molecule has 1 aromatic carbocycles. The second-order valence-corrected chi connectivity index (χ2v) is 8.73. The molecule has 3 rings (SSSR count). The van der Waals surface area contributed by atoms with Gasteiger partial charge in [0.05, 0.1) is 6.61 Å². The van der Waals surface area contributed by atoms with E-state index in [0.717, 1.165) is 41.7 Å². The highest BCUT2D eigenvalue weighted by atomic mass is 32.1. The molecule has 28 heavy (non-hydrogen) atoms. The molecule has 0 bridgehead atoms. The molecule has 1 aliphatic rings. The van der Waals surface area contributed by atoms with E-state index >= 15 is 0 Å². The smallest absolute Gasteiger partial charge is 0.341 e. The van der Waals surface area contributed by atoms with Gasteiger partial charge in [0, 0.05) is 16.4 Å². The highest BCUT2D eigenvalue weighted by Crippen LogP contribution is 2.41. The summed E-state index contributed by atoms with van der Waals surface area (Å²) in [5, 5.41) is 3.61. The van der Waals surface area contributed by atoms with E-state index in [4.69, 9.17) is 4.74 Å². The maximum absolute atomic E-state index is 12.8. The molecule has 0 aliphatic heterocycles. The number of hydrogen-bond donors (Lipinski definition) is 1. The lowest BCUT2D eigenvalue weighted by Gasteiger charge is -2.23. The van der Waals surface area contributed by atoms with Crippen LogP contribution in [0.2, 0.25) is 0 Å². The molecule has 1 atom stereocenters. The van der Waals surface area contributed by atoms with Crippen molar-refractivity contribution in [3.63, 3.8) is 0 Å². The minimum atomic E-state index is -0.378. The summed E-state index contributed by atoms with van der Waals surface area (Å²) in [6.07, 6.45) is 4.03. The molecule has 150 valence electrons. The Bertz CT molecular complexity index is 849. The summed E-state index contributed by atoms with van der Waals surface area (Å²) < 4.78 is 5.32. The van der Waals surface area contributed by atoms with Crippen LogP contribution in [0.15, 0.2) is 24.3 Å². The number of amides is 1. The number of benzene rings is 1. The molecule has 1 amide bonds. The van der Waals surface area contributed by atoms with Gasteiger partial charge in [-0.25, -0.2) is 4.79 Å². The maximum atomic E-state index is 12.8.